The van der Waals surface area contributed by atoms with Gasteiger partial charge in [0.1, 0.15) is 0 Å². The van der Waals surface area contributed by atoms with Crippen molar-refractivity contribution in [2.45, 2.75) is 51.2 Å². The number of ether oxygens (including phenoxy) is 1. The third-order valence-electron chi connectivity index (χ3n) is 4.05. The van der Waals surface area contributed by atoms with Gasteiger partial charge in [-0.15, -0.1) is 0 Å². The van der Waals surface area contributed by atoms with Gasteiger partial charge in [-0.3, -0.25) is 4.79 Å². The van der Waals surface area contributed by atoms with Crippen LogP contribution in [-0.2, 0) is 9.53 Å². The standard InChI is InChI=1S/C15H28N2O2S/c1-12(2)10-17-14(18)3-6-16-13-4-7-19-15(9-13)5-8-20-11-15/h12-13,16H,3-11H2,1-2H3,(H,17,18). The molecule has 4 nitrogen and oxygen atoms in total. The van der Waals surface area contributed by atoms with Crippen molar-refractivity contribution in [1.82, 2.24) is 10.6 Å². The van der Waals surface area contributed by atoms with Gasteiger partial charge in [0.15, 0.2) is 0 Å². The molecule has 2 rings (SSSR count). The van der Waals surface area contributed by atoms with Crippen LogP contribution in [0, 0.1) is 5.92 Å². The minimum atomic E-state index is 0.125. The maximum absolute atomic E-state index is 11.7. The molecule has 2 heterocycles. The van der Waals surface area contributed by atoms with E-state index in [2.05, 4.69) is 24.5 Å². The molecule has 2 fully saturated rings. The first-order valence-corrected chi connectivity index (χ1v) is 8.97. The highest BCUT2D eigenvalue weighted by Gasteiger charge is 2.40. The fraction of sp³-hybridized carbons (Fsp3) is 0.933. The van der Waals surface area contributed by atoms with Gasteiger partial charge in [-0.05, 0) is 30.9 Å². The van der Waals surface area contributed by atoms with Gasteiger partial charge < -0.3 is 15.4 Å². The highest BCUT2D eigenvalue weighted by Crippen LogP contribution is 2.38. The Labute approximate surface area is 126 Å². The van der Waals surface area contributed by atoms with Crippen LogP contribution in [0.25, 0.3) is 0 Å². The quantitative estimate of drug-likeness (QED) is 0.785. The second-order valence-electron chi connectivity index (χ2n) is 6.43. The van der Waals surface area contributed by atoms with E-state index in [-0.39, 0.29) is 11.5 Å². The Bertz CT molecular complexity index is 317. The fourth-order valence-electron chi connectivity index (χ4n) is 2.86. The number of carbonyl (C=O) groups is 1. The lowest BCUT2D eigenvalue weighted by atomic mass is 9.90. The van der Waals surface area contributed by atoms with Crippen LogP contribution in [0.5, 0.6) is 0 Å². The Hall–Kier alpha value is -0.260. The zero-order valence-corrected chi connectivity index (χ0v) is 13.6. The molecule has 2 aliphatic rings. The van der Waals surface area contributed by atoms with Crippen molar-refractivity contribution in [1.29, 1.82) is 0 Å². The summed E-state index contributed by atoms with van der Waals surface area (Å²) in [5.41, 5.74) is 0.125. The minimum absolute atomic E-state index is 0.125. The Balaban J connectivity index is 1.63. The number of thioether (sulfide) groups is 1. The average molecular weight is 300 g/mol. The van der Waals surface area contributed by atoms with E-state index in [1.807, 2.05) is 11.8 Å². The van der Waals surface area contributed by atoms with Gasteiger partial charge in [0.2, 0.25) is 5.91 Å². The first-order chi connectivity index (χ1) is 9.60. The minimum Gasteiger partial charge on any atom is -0.374 e. The lowest BCUT2D eigenvalue weighted by Crippen LogP contribution is -2.47. The lowest BCUT2D eigenvalue weighted by Gasteiger charge is -2.38. The molecule has 2 N–H and O–H groups in total. The van der Waals surface area contributed by atoms with Crippen LogP contribution in [0.1, 0.15) is 39.5 Å². The second-order valence-corrected chi connectivity index (χ2v) is 7.53. The summed E-state index contributed by atoms with van der Waals surface area (Å²) in [4.78, 5) is 11.7. The lowest BCUT2D eigenvalue weighted by molar-refractivity contribution is -0.121. The van der Waals surface area contributed by atoms with Gasteiger partial charge >= 0.3 is 0 Å². The zero-order valence-electron chi connectivity index (χ0n) is 12.7. The Morgan fingerprint density at radius 2 is 2.35 bits per heavy atom. The topological polar surface area (TPSA) is 50.4 Å². The van der Waals surface area contributed by atoms with E-state index >= 15 is 0 Å². The van der Waals surface area contributed by atoms with Crippen molar-refractivity contribution >= 4 is 17.7 Å². The Kier molecular flexibility index (Phi) is 6.18. The third-order valence-corrected chi connectivity index (χ3v) is 5.28. The van der Waals surface area contributed by atoms with Crippen molar-refractivity contribution in [2.24, 2.45) is 5.92 Å². The monoisotopic (exact) mass is 300 g/mol. The molecule has 2 saturated heterocycles. The maximum Gasteiger partial charge on any atom is 0.221 e. The van der Waals surface area contributed by atoms with E-state index < -0.39 is 0 Å². The molecule has 5 heteroatoms. The number of hydrogen-bond acceptors (Lipinski definition) is 4. The summed E-state index contributed by atoms with van der Waals surface area (Å²) in [6.45, 7) is 6.63. The average Bonchev–Trinajstić information content (AvgIpc) is 2.84. The van der Waals surface area contributed by atoms with Gasteiger partial charge in [0, 0.05) is 37.9 Å². The highest BCUT2D eigenvalue weighted by molar-refractivity contribution is 7.99. The van der Waals surface area contributed by atoms with Crippen LogP contribution < -0.4 is 10.6 Å². The smallest absolute Gasteiger partial charge is 0.221 e. The van der Waals surface area contributed by atoms with Gasteiger partial charge in [0.05, 0.1) is 5.60 Å². The molecule has 1 amide bonds. The first-order valence-electron chi connectivity index (χ1n) is 7.81. The molecule has 0 aromatic rings. The molecule has 1 spiro atoms. The molecular formula is C15H28N2O2S. The number of carbonyl (C=O) groups excluding carboxylic acids is 1. The van der Waals surface area contributed by atoms with Crippen LogP contribution in [0.3, 0.4) is 0 Å². The van der Waals surface area contributed by atoms with E-state index in [1.54, 1.807) is 0 Å². The molecule has 2 atom stereocenters. The summed E-state index contributed by atoms with van der Waals surface area (Å²) in [5, 5.41) is 6.50. The van der Waals surface area contributed by atoms with Crippen LogP contribution in [0.15, 0.2) is 0 Å². The highest BCUT2D eigenvalue weighted by atomic mass is 32.2. The molecule has 0 aliphatic carbocycles. The summed E-state index contributed by atoms with van der Waals surface area (Å²) < 4.78 is 6.01. The SMILES string of the molecule is CC(C)CNC(=O)CCNC1CCOC2(CCSC2)C1. The van der Waals surface area contributed by atoms with Crippen LogP contribution in [-0.4, -0.2) is 48.8 Å². The normalized spacial score (nSPS) is 30.1. The molecule has 0 radical (unpaired) electrons. The summed E-state index contributed by atoms with van der Waals surface area (Å²) in [6, 6.07) is 0.514. The fourth-order valence-corrected chi connectivity index (χ4v) is 4.24. The molecule has 116 valence electrons. The van der Waals surface area contributed by atoms with Crippen molar-refractivity contribution in [3.63, 3.8) is 0 Å². The summed E-state index contributed by atoms with van der Waals surface area (Å²) in [6.07, 6.45) is 3.93. The molecule has 0 bridgehead atoms. The van der Waals surface area contributed by atoms with E-state index in [0.717, 1.165) is 38.3 Å². The largest absolute Gasteiger partial charge is 0.374 e. The van der Waals surface area contributed by atoms with E-state index in [4.69, 9.17) is 4.74 Å². The summed E-state index contributed by atoms with van der Waals surface area (Å²) >= 11 is 2.00. The Morgan fingerprint density at radius 3 is 3.05 bits per heavy atom. The first kappa shape index (κ1) is 16.1. The maximum atomic E-state index is 11.7. The van der Waals surface area contributed by atoms with E-state index in [1.165, 1.54) is 12.2 Å². The molecule has 2 unspecified atom stereocenters. The van der Waals surface area contributed by atoms with Gasteiger partial charge in [-0.2, -0.15) is 11.8 Å². The van der Waals surface area contributed by atoms with E-state index in [0.29, 0.717) is 18.4 Å². The van der Waals surface area contributed by atoms with E-state index in [9.17, 15) is 4.79 Å². The molecule has 0 aromatic carbocycles. The molecule has 0 aromatic heterocycles. The summed E-state index contributed by atoms with van der Waals surface area (Å²) in [5.74, 6) is 3.04. The molecular weight excluding hydrogens is 272 g/mol. The van der Waals surface area contributed by atoms with Gasteiger partial charge in [-0.1, -0.05) is 13.8 Å². The van der Waals surface area contributed by atoms with Crippen molar-refractivity contribution in [2.75, 3.05) is 31.2 Å². The van der Waals surface area contributed by atoms with Crippen molar-refractivity contribution < 1.29 is 9.53 Å². The molecule has 20 heavy (non-hydrogen) atoms. The van der Waals surface area contributed by atoms with Crippen LogP contribution in [0.4, 0.5) is 0 Å². The number of nitrogens with one attached hydrogen (secondary N) is 2. The Morgan fingerprint density at radius 1 is 1.50 bits per heavy atom. The predicted molar refractivity (Wildman–Crippen MR) is 84.1 cm³/mol. The second kappa shape index (κ2) is 7.66. The van der Waals surface area contributed by atoms with Crippen molar-refractivity contribution in [3.05, 3.63) is 0 Å². The van der Waals surface area contributed by atoms with Gasteiger partial charge in [0.25, 0.3) is 0 Å². The summed E-state index contributed by atoms with van der Waals surface area (Å²) in [7, 11) is 0. The van der Waals surface area contributed by atoms with Gasteiger partial charge in [-0.25, -0.2) is 0 Å². The van der Waals surface area contributed by atoms with Crippen LogP contribution >= 0.6 is 11.8 Å². The number of rotatable bonds is 6. The predicted octanol–water partition coefficient (Wildman–Crippen LogP) is 1.79. The number of hydrogen-bond donors (Lipinski definition) is 2. The molecule has 0 saturated carbocycles. The zero-order chi connectivity index (χ0) is 14.4. The van der Waals surface area contributed by atoms with Crippen molar-refractivity contribution in [3.8, 4) is 0 Å². The molecule has 2 aliphatic heterocycles. The third kappa shape index (κ3) is 4.93. The number of amides is 1. The van der Waals surface area contributed by atoms with Crippen LogP contribution in [0.2, 0.25) is 0 Å².